The fraction of sp³-hybridized carbons (Fsp3) is 0.615. The topological polar surface area (TPSA) is 82.1 Å². The molecule has 1 aliphatic rings. The van der Waals surface area contributed by atoms with E-state index < -0.39 is 14.3 Å². The van der Waals surface area contributed by atoms with Gasteiger partial charge in [-0.15, -0.1) is 0 Å². The number of allylic oxidation sites excluding steroid dienone is 2. The number of hydrogen-bond donors (Lipinski definition) is 1. The number of carbonyl (C=O) groups is 2. The van der Waals surface area contributed by atoms with Crippen LogP contribution in [0.2, 0.25) is 18.1 Å². The van der Waals surface area contributed by atoms with Crippen molar-refractivity contribution in [1.82, 2.24) is 0 Å². The van der Waals surface area contributed by atoms with Crippen molar-refractivity contribution in [1.29, 1.82) is 0 Å². The van der Waals surface area contributed by atoms with Crippen molar-refractivity contribution >= 4 is 36.2 Å². The van der Waals surface area contributed by atoms with Crippen molar-refractivity contribution in [3.63, 3.8) is 0 Å². The number of carboxylic acids is 1. The Morgan fingerprint density at radius 1 is 1.29 bits per heavy atom. The molecule has 0 fully saturated rings. The summed E-state index contributed by atoms with van der Waals surface area (Å²) >= 11 is 3.44. The van der Waals surface area contributed by atoms with Crippen molar-refractivity contribution < 1.29 is 28.6 Å². The molecule has 1 N–H and O–H groups in total. The van der Waals surface area contributed by atoms with Gasteiger partial charge in [-0.1, -0.05) is 48.4 Å². The zero-order valence-corrected chi connectivity index (χ0v) is 24.3. The van der Waals surface area contributed by atoms with Crippen LogP contribution in [-0.4, -0.2) is 37.8 Å². The van der Waals surface area contributed by atoms with Crippen molar-refractivity contribution in [3.8, 4) is 11.5 Å². The van der Waals surface area contributed by atoms with Gasteiger partial charge in [0.2, 0.25) is 0 Å². The van der Waals surface area contributed by atoms with Gasteiger partial charge < -0.3 is 19.0 Å². The molecule has 0 aliphatic carbocycles. The second-order valence-corrected chi connectivity index (χ2v) is 16.1. The maximum Gasteiger partial charge on any atom is 0.342 e. The van der Waals surface area contributed by atoms with E-state index in [0.29, 0.717) is 23.5 Å². The summed E-state index contributed by atoms with van der Waals surface area (Å²) in [5.74, 6) is 0.0441. The predicted molar refractivity (Wildman–Crippen MR) is 141 cm³/mol. The van der Waals surface area contributed by atoms with Crippen molar-refractivity contribution in [2.75, 3.05) is 12.4 Å². The Morgan fingerprint density at radius 2 is 1.94 bits per heavy atom. The van der Waals surface area contributed by atoms with Gasteiger partial charge in [-0.05, 0) is 62.7 Å². The fourth-order valence-electron chi connectivity index (χ4n) is 3.99. The second kappa shape index (κ2) is 11.3. The summed E-state index contributed by atoms with van der Waals surface area (Å²) in [6.07, 6.45) is 4.32. The Bertz CT molecular complexity index is 961. The largest absolute Gasteiger partial charge is 0.543 e. The number of ether oxygens (including phenoxy) is 2. The molecular weight excluding hydrogens is 516 g/mol. The Balaban J connectivity index is 2.63. The Labute approximate surface area is 213 Å². The smallest absolute Gasteiger partial charge is 0.342 e. The minimum absolute atomic E-state index is 0.0497. The SMILES string of the molecule is COc1c(C)c2c(c(O[Si](C)(C)C(C)(C)C)c1C/C=C(\C)C(CCCBr)CC(=O)O)C(=O)OC2. The molecule has 1 aromatic carbocycles. The van der Waals surface area contributed by atoms with E-state index in [1.807, 2.05) is 13.8 Å². The number of fused-ring (bicyclic) bond motifs is 1. The lowest BCUT2D eigenvalue weighted by Gasteiger charge is -2.37. The third-order valence-electron chi connectivity index (χ3n) is 7.17. The van der Waals surface area contributed by atoms with E-state index >= 15 is 0 Å². The summed E-state index contributed by atoms with van der Waals surface area (Å²) in [5, 5.41) is 10.2. The van der Waals surface area contributed by atoms with Gasteiger partial charge in [0.1, 0.15) is 23.7 Å². The Hall–Kier alpha value is -1.80. The second-order valence-electron chi connectivity index (χ2n) is 10.5. The zero-order valence-electron chi connectivity index (χ0n) is 21.8. The lowest BCUT2D eigenvalue weighted by Crippen LogP contribution is -2.44. The van der Waals surface area contributed by atoms with Gasteiger partial charge in [0.05, 0.1) is 13.5 Å². The molecule has 1 aliphatic heterocycles. The molecule has 8 heteroatoms. The van der Waals surface area contributed by atoms with Gasteiger partial charge in [-0.2, -0.15) is 0 Å². The van der Waals surface area contributed by atoms with Crippen LogP contribution in [0.1, 0.15) is 74.0 Å². The fourth-order valence-corrected chi connectivity index (χ4v) is 5.35. The normalized spacial score (nSPS) is 15.1. The van der Waals surface area contributed by atoms with Gasteiger partial charge in [0.25, 0.3) is 8.32 Å². The molecule has 1 heterocycles. The molecular formula is C26H39BrO6Si. The molecule has 0 radical (unpaired) electrons. The minimum atomic E-state index is -2.29. The van der Waals surface area contributed by atoms with Gasteiger partial charge in [-0.3, -0.25) is 4.79 Å². The van der Waals surface area contributed by atoms with Crippen LogP contribution in [0.3, 0.4) is 0 Å². The number of alkyl halides is 1. The van der Waals surface area contributed by atoms with Crippen molar-refractivity contribution in [2.45, 2.75) is 85.0 Å². The number of halogens is 1. The van der Waals surface area contributed by atoms with Gasteiger partial charge in [0.15, 0.2) is 0 Å². The van der Waals surface area contributed by atoms with Crippen LogP contribution in [0.25, 0.3) is 0 Å². The van der Waals surface area contributed by atoms with Gasteiger partial charge in [0, 0.05) is 16.5 Å². The number of hydrogen-bond acceptors (Lipinski definition) is 5. The Morgan fingerprint density at radius 3 is 2.47 bits per heavy atom. The number of benzene rings is 1. The first kappa shape index (κ1) is 28.4. The quantitative estimate of drug-likeness (QED) is 0.140. The van der Waals surface area contributed by atoms with Crippen molar-refractivity contribution in [2.24, 2.45) is 5.92 Å². The molecule has 0 aromatic heterocycles. The number of cyclic esters (lactones) is 1. The van der Waals surface area contributed by atoms with Crippen LogP contribution in [-0.2, 0) is 22.6 Å². The average molecular weight is 556 g/mol. The average Bonchev–Trinajstić information content (AvgIpc) is 3.12. The monoisotopic (exact) mass is 554 g/mol. The van der Waals surface area contributed by atoms with Crippen LogP contribution in [0.4, 0.5) is 0 Å². The van der Waals surface area contributed by atoms with E-state index in [1.165, 1.54) is 0 Å². The van der Waals surface area contributed by atoms with Crippen molar-refractivity contribution in [3.05, 3.63) is 33.9 Å². The highest BCUT2D eigenvalue weighted by Gasteiger charge is 2.42. The Kier molecular flexibility index (Phi) is 9.44. The first-order valence-electron chi connectivity index (χ1n) is 11.8. The van der Waals surface area contributed by atoms with Crippen LogP contribution in [0.15, 0.2) is 11.6 Å². The van der Waals surface area contributed by atoms with Crippen LogP contribution in [0, 0.1) is 12.8 Å². The third kappa shape index (κ3) is 6.25. The first-order chi connectivity index (χ1) is 15.7. The predicted octanol–water partition coefficient (Wildman–Crippen LogP) is 6.81. The van der Waals surface area contributed by atoms with E-state index in [1.54, 1.807) is 7.11 Å². The molecule has 0 saturated heterocycles. The molecule has 6 nitrogen and oxygen atoms in total. The molecule has 0 spiro atoms. The summed E-state index contributed by atoms with van der Waals surface area (Å²) in [7, 11) is -0.656. The molecule has 34 heavy (non-hydrogen) atoms. The number of esters is 1. The lowest BCUT2D eigenvalue weighted by molar-refractivity contribution is -0.137. The van der Waals surface area contributed by atoms with Gasteiger partial charge in [-0.25, -0.2) is 4.79 Å². The molecule has 0 bridgehead atoms. The van der Waals surface area contributed by atoms with Crippen LogP contribution < -0.4 is 9.16 Å². The number of aliphatic carboxylic acids is 1. The molecule has 0 amide bonds. The van der Waals surface area contributed by atoms with Crippen LogP contribution >= 0.6 is 15.9 Å². The summed E-state index contributed by atoms with van der Waals surface area (Å²) in [6.45, 7) is 14.9. The molecule has 0 saturated carbocycles. The first-order valence-corrected chi connectivity index (χ1v) is 15.8. The highest BCUT2D eigenvalue weighted by atomic mass is 79.9. The summed E-state index contributed by atoms with van der Waals surface area (Å²) in [4.78, 5) is 24.2. The lowest BCUT2D eigenvalue weighted by atomic mass is 9.90. The molecule has 1 unspecified atom stereocenters. The van der Waals surface area contributed by atoms with Crippen LogP contribution in [0.5, 0.6) is 11.5 Å². The highest BCUT2D eigenvalue weighted by Crippen LogP contribution is 2.46. The van der Waals surface area contributed by atoms with E-state index in [2.05, 4.69) is 55.9 Å². The molecule has 1 atom stereocenters. The summed E-state index contributed by atoms with van der Waals surface area (Å²) in [5.41, 5.74) is 4.04. The van der Waals surface area contributed by atoms with Gasteiger partial charge >= 0.3 is 11.9 Å². The number of carbonyl (C=O) groups excluding carboxylic acids is 1. The molecule has 2 rings (SSSR count). The maximum absolute atomic E-state index is 12.8. The summed E-state index contributed by atoms with van der Waals surface area (Å²) in [6, 6.07) is 0. The van der Waals surface area contributed by atoms with E-state index in [0.717, 1.165) is 40.4 Å². The summed E-state index contributed by atoms with van der Waals surface area (Å²) < 4.78 is 18.0. The molecule has 1 aromatic rings. The zero-order chi connectivity index (χ0) is 25.8. The minimum Gasteiger partial charge on any atom is -0.543 e. The molecule has 190 valence electrons. The highest BCUT2D eigenvalue weighted by molar-refractivity contribution is 9.09. The number of rotatable bonds is 11. The number of carboxylic acid groups (broad SMARTS) is 1. The standard InChI is InChI=1S/C26H39BrO6Si/c1-16(18(10-9-13-27)14-21(28)29)11-12-19-23(31-6)17(2)20-15-32-25(30)22(20)24(19)33-34(7,8)26(3,4)5/h11,18H,9-10,12-15H2,1-8H3,(H,28,29)/b16-11+. The van der Waals surface area contributed by atoms with E-state index in [9.17, 15) is 14.7 Å². The van der Waals surface area contributed by atoms with E-state index in [-0.39, 0.29) is 30.0 Å². The van der Waals surface area contributed by atoms with E-state index in [4.69, 9.17) is 13.9 Å². The third-order valence-corrected chi connectivity index (χ3v) is 12.1. The maximum atomic E-state index is 12.8. The number of methoxy groups -OCH3 is 1.